The molecule has 0 radical (unpaired) electrons. The monoisotopic (exact) mass is 301 g/mol. The molecule has 110 valence electrons. The molecule has 2 aromatic heterocycles. The molecule has 2 N–H and O–H groups in total. The summed E-state index contributed by atoms with van der Waals surface area (Å²) in [6, 6.07) is 8.02. The molecular weight excluding hydrogens is 282 g/mol. The maximum absolute atomic E-state index is 12.0. The summed E-state index contributed by atoms with van der Waals surface area (Å²) >= 11 is 1.70. The Kier molecular flexibility index (Phi) is 3.47. The number of nitrogens with two attached hydrogens (primary N) is 1. The maximum atomic E-state index is 12.0. The summed E-state index contributed by atoms with van der Waals surface area (Å²) in [5.74, 6) is 0. The number of aryl methyl sites for hydroxylation is 3. The van der Waals surface area contributed by atoms with E-state index in [0.29, 0.717) is 0 Å². The van der Waals surface area contributed by atoms with E-state index in [1.54, 1.807) is 34.6 Å². The third-order valence-corrected chi connectivity index (χ3v) is 5.14. The van der Waals surface area contributed by atoms with Gasteiger partial charge in [-0.2, -0.15) is 0 Å². The molecule has 0 amide bonds. The number of hydrogen-bond donors (Lipinski definition) is 1. The molecule has 1 unspecified atom stereocenters. The van der Waals surface area contributed by atoms with Crippen LogP contribution in [0.4, 0.5) is 0 Å². The fraction of sp³-hybridized carbons (Fsp3) is 0.312. The van der Waals surface area contributed by atoms with E-state index in [2.05, 4.69) is 18.4 Å². The van der Waals surface area contributed by atoms with Gasteiger partial charge in [0, 0.05) is 19.0 Å². The summed E-state index contributed by atoms with van der Waals surface area (Å²) in [6.45, 7) is 2.14. The molecule has 1 aromatic carbocycles. The van der Waals surface area contributed by atoms with E-state index in [4.69, 9.17) is 5.73 Å². The lowest BCUT2D eigenvalue weighted by Crippen LogP contribution is -2.19. The van der Waals surface area contributed by atoms with E-state index in [1.165, 1.54) is 10.4 Å². The van der Waals surface area contributed by atoms with Crippen molar-refractivity contribution in [1.82, 2.24) is 9.13 Å². The summed E-state index contributed by atoms with van der Waals surface area (Å²) in [7, 11) is 3.58. The van der Waals surface area contributed by atoms with Crippen molar-refractivity contribution in [3.05, 3.63) is 56.1 Å². The Morgan fingerprint density at radius 3 is 2.62 bits per heavy atom. The van der Waals surface area contributed by atoms with Crippen LogP contribution in [0.5, 0.6) is 0 Å². The van der Waals surface area contributed by atoms with E-state index in [9.17, 15) is 4.79 Å². The van der Waals surface area contributed by atoms with Crippen LogP contribution in [0, 0.1) is 0 Å². The van der Waals surface area contributed by atoms with Crippen LogP contribution in [-0.4, -0.2) is 9.13 Å². The van der Waals surface area contributed by atoms with E-state index in [-0.39, 0.29) is 11.7 Å². The van der Waals surface area contributed by atoms with Crippen LogP contribution in [0.2, 0.25) is 0 Å². The van der Waals surface area contributed by atoms with Crippen LogP contribution in [-0.2, 0) is 20.5 Å². The number of fused-ring (bicyclic) bond motifs is 1. The average Bonchev–Trinajstić information content (AvgIpc) is 3.06. The highest BCUT2D eigenvalue weighted by atomic mass is 32.1. The topological polar surface area (TPSA) is 52.9 Å². The van der Waals surface area contributed by atoms with Crippen LogP contribution in [0.1, 0.15) is 29.0 Å². The Morgan fingerprint density at radius 2 is 1.90 bits per heavy atom. The molecule has 2 heterocycles. The molecule has 0 aliphatic heterocycles. The quantitative estimate of drug-likeness (QED) is 0.808. The summed E-state index contributed by atoms with van der Waals surface area (Å²) in [5, 5.41) is 2.09. The van der Waals surface area contributed by atoms with Gasteiger partial charge in [-0.1, -0.05) is 13.0 Å². The lowest BCUT2D eigenvalue weighted by atomic mass is 10.0. The van der Waals surface area contributed by atoms with Gasteiger partial charge < -0.3 is 5.73 Å². The van der Waals surface area contributed by atoms with Gasteiger partial charge >= 0.3 is 5.69 Å². The summed E-state index contributed by atoms with van der Waals surface area (Å²) in [4.78, 5) is 13.2. The Labute approximate surface area is 127 Å². The normalized spacial score (nSPS) is 13.0. The number of nitrogens with zero attached hydrogens (tertiary/aromatic N) is 2. The minimum absolute atomic E-state index is 0.0129. The third-order valence-electron chi connectivity index (χ3n) is 4.10. The summed E-state index contributed by atoms with van der Waals surface area (Å²) in [5.41, 5.74) is 10.6. The van der Waals surface area contributed by atoms with Crippen molar-refractivity contribution in [3.8, 4) is 0 Å². The smallest absolute Gasteiger partial charge is 0.320 e. The van der Waals surface area contributed by atoms with Crippen LogP contribution in [0.25, 0.3) is 11.0 Å². The number of hydrogen-bond acceptors (Lipinski definition) is 3. The minimum atomic E-state index is -0.139. The fourth-order valence-corrected chi connectivity index (χ4v) is 3.81. The molecule has 0 aliphatic rings. The van der Waals surface area contributed by atoms with E-state index in [1.807, 2.05) is 18.2 Å². The Hall–Kier alpha value is -1.85. The molecule has 3 rings (SSSR count). The molecule has 1 atom stereocenters. The van der Waals surface area contributed by atoms with E-state index >= 15 is 0 Å². The molecule has 21 heavy (non-hydrogen) atoms. The Bertz CT molecular complexity index is 856. The van der Waals surface area contributed by atoms with Crippen LogP contribution in [0.3, 0.4) is 0 Å². The molecule has 5 heteroatoms. The zero-order valence-electron chi connectivity index (χ0n) is 12.5. The van der Waals surface area contributed by atoms with Gasteiger partial charge in [-0.25, -0.2) is 4.79 Å². The molecule has 0 saturated carbocycles. The van der Waals surface area contributed by atoms with E-state index in [0.717, 1.165) is 23.0 Å². The third kappa shape index (κ3) is 2.13. The number of rotatable bonds is 3. The van der Waals surface area contributed by atoms with Crippen LogP contribution in [0.15, 0.2) is 34.4 Å². The second-order valence-electron chi connectivity index (χ2n) is 5.29. The van der Waals surface area contributed by atoms with Crippen molar-refractivity contribution in [2.45, 2.75) is 19.4 Å². The molecule has 3 aromatic rings. The van der Waals surface area contributed by atoms with Gasteiger partial charge in [-0.3, -0.25) is 9.13 Å². The molecule has 4 nitrogen and oxygen atoms in total. The molecule has 0 spiro atoms. The first-order valence-corrected chi connectivity index (χ1v) is 7.89. The summed E-state index contributed by atoms with van der Waals surface area (Å²) < 4.78 is 3.33. The Morgan fingerprint density at radius 1 is 1.19 bits per heavy atom. The van der Waals surface area contributed by atoms with Gasteiger partial charge in [0.1, 0.15) is 0 Å². The lowest BCUT2D eigenvalue weighted by molar-refractivity contribution is 0.795. The Balaban J connectivity index is 2.13. The molecule has 0 aliphatic carbocycles. The van der Waals surface area contributed by atoms with Crippen molar-refractivity contribution < 1.29 is 0 Å². The van der Waals surface area contributed by atoms with Gasteiger partial charge in [-0.15, -0.1) is 11.3 Å². The largest absolute Gasteiger partial charge is 0.328 e. The number of aromatic nitrogens is 2. The second-order valence-corrected chi connectivity index (χ2v) is 6.24. The minimum Gasteiger partial charge on any atom is -0.320 e. The fourth-order valence-electron chi connectivity index (χ4n) is 2.78. The van der Waals surface area contributed by atoms with Gasteiger partial charge in [0.2, 0.25) is 0 Å². The van der Waals surface area contributed by atoms with Crippen molar-refractivity contribution in [3.63, 3.8) is 0 Å². The lowest BCUT2D eigenvalue weighted by Gasteiger charge is -2.13. The second kappa shape index (κ2) is 5.16. The van der Waals surface area contributed by atoms with Crippen LogP contribution < -0.4 is 11.4 Å². The molecular formula is C16H19N3OS. The first-order valence-electron chi connectivity index (χ1n) is 7.01. The molecule has 0 fully saturated rings. The zero-order valence-corrected chi connectivity index (χ0v) is 13.3. The van der Waals surface area contributed by atoms with Gasteiger partial charge in [0.15, 0.2) is 0 Å². The van der Waals surface area contributed by atoms with Gasteiger partial charge in [-0.05, 0) is 41.1 Å². The highest BCUT2D eigenvalue weighted by Crippen LogP contribution is 2.29. The number of imidazole rings is 1. The number of thiophene rings is 1. The van der Waals surface area contributed by atoms with Crippen molar-refractivity contribution in [2.75, 3.05) is 0 Å². The first-order chi connectivity index (χ1) is 10.0. The zero-order chi connectivity index (χ0) is 15.1. The standard InChI is InChI=1S/C16H19N3OS/c1-4-10-7-8-21-15(10)14(17)11-5-6-12-13(9-11)19(3)16(20)18(12)2/h5-9,14H,4,17H2,1-3H3. The SMILES string of the molecule is CCc1ccsc1C(N)c1ccc2c(c1)n(C)c(=O)n2C. The van der Waals surface area contributed by atoms with Gasteiger partial charge in [0.25, 0.3) is 0 Å². The van der Waals surface area contributed by atoms with Crippen molar-refractivity contribution in [1.29, 1.82) is 0 Å². The van der Waals surface area contributed by atoms with Crippen molar-refractivity contribution >= 4 is 22.4 Å². The van der Waals surface area contributed by atoms with Gasteiger partial charge in [0.05, 0.1) is 17.1 Å². The predicted octanol–water partition coefficient (Wildman–Crippen LogP) is 2.55. The van der Waals surface area contributed by atoms with Crippen molar-refractivity contribution in [2.24, 2.45) is 19.8 Å². The average molecular weight is 301 g/mol. The molecule has 0 bridgehead atoms. The first kappa shape index (κ1) is 14.1. The maximum Gasteiger partial charge on any atom is 0.328 e. The van der Waals surface area contributed by atoms with E-state index < -0.39 is 0 Å². The van der Waals surface area contributed by atoms with Crippen LogP contribution >= 0.6 is 11.3 Å². The summed E-state index contributed by atoms with van der Waals surface area (Å²) in [6.07, 6.45) is 0.985. The molecule has 0 saturated heterocycles. The number of benzene rings is 1. The highest BCUT2D eigenvalue weighted by molar-refractivity contribution is 7.10. The highest BCUT2D eigenvalue weighted by Gasteiger charge is 2.16. The predicted molar refractivity (Wildman–Crippen MR) is 87.9 cm³/mol.